The quantitative estimate of drug-likeness (QED) is 0.784. The van der Waals surface area contributed by atoms with Crippen LogP contribution in [0.2, 0.25) is 0 Å². The molecule has 2 aromatic carbocycles. The Bertz CT molecular complexity index is 861. The first-order valence-corrected chi connectivity index (χ1v) is 7.91. The number of benzene rings is 2. The van der Waals surface area contributed by atoms with Gasteiger partial charge in [0, 0.05) is 30.2 Å². The number of carbonyl (C=O) groups is 1. The Labute approximate surface area is 136 Å². The molecule has 1 aromatic heterocycles. The summed E-state index contributed by atoms with van der Waals surface area (Å²) >= 11 is 0. The van der Waals surface area contributed by atoms with Gasteiger partial charge in [-0.05, 0) is 31.0 Å². The lowest BCUT2D eigenvalue weighted by atomic mass is 10.1. The Hall–Kier alpha value is -2.55. The summed E-state index contributed by atoms with van der Waals surface area (Å²) in [5.41, 5.74) is 5.78. The van der Waals surface area contributed by atoms with Crippen molar-refractivity contribution in [3.05, 3.63) is 70.9 Å². The molecule has 1 amide bonds. The number of hydrogen-bond donors (Lipinski definition) is 1. The van der Waals surface area contributed by atoms with Crippen molar-refractivity contribution in [2.45, 2.75) is 26.8 Å². The number of aromatic nitrogens is 1. The van der Waals surface area contributed by atoms with Crippen LogP contribution in [-0.4, -0.2) is 10.5 Å². The fourth-order valence-corrected chi connectivity index (χ4v) is 3.07. The first-order chi connectivity index (χ1) is 11.1. The van der Waals surface area contributed by atoms with Gasteiger partial charge in [0.05, 0.1) is 6.42 Å². The average Bonchev–Trinajstić information content (AvgIpc) is 2.79. The Kier molecular flexibility index (Phi) is 4.20. The maximum absolute atomic E-state index is 12.4. The van der Waals surface area contributed by atoms with E-state index in [0.717, 1.165) is 16.8 Å². The van der Waals surface area contributed by atoms with Gasteiger partial charge in [-0.3, -0.25) is 4.79 Å². The third-order valence-corrected chi connectivity index (χ3v) is 4.44. The lowest BCUT2D eigenvalue weighted by molar-refractivity contribution is -0.120. The maximum atomic E-state index is 12.4. The largest absolute Gasteiger partial charge is 0.352 e. The molecule has 1 N–H and O–H groups in total. The van der Waals surface area contributed by atoms with Crippen LogP contribution in [-0.2, 0) is 24.8 Å². The van der Waals surface area contributed by atoms with E-state index in [4.69, 9.17) is 0 Å². The minimum atomic E-state index is 0.0611. The molecule has 0 bridgehead atoms. The van der Waals surface area contributed by atoms with Crippen LogP contribution in [0.5, 0.6) is 0 Å². The Morgan fingerprint density at radius 3 is 2.65 bits per heavy atom. The molecule has 1 heterocycles. The summed E-state index contributed by atoms with van der Waals surface area (Å²) in [6, 6.07) is 16.5. The van der Waals surface area contributed by atoms with Crippen LogP contribution in [0.3, 0.4) is 0 Å². The fourth-order valence-electron chi connectivity index (χ4n) is 3.07. The number of fused-ring (bicyclic) bond motifs is 1. The summed E-state index contributed by atoms with van der Waals surface area (Å²) in [5, 5.41) is 4.19. The van der Waals surface area contributed by atoms with Crippen molar-refractivity contribution in [2.75, 3.05) is 0 Å². The van der Waals surface area contributed by atoms with Crippen molar-refractivity contribution >= 4 is 16.8 Å². The van der Waals surface area contributed by atoms with E-state index in [1.807, 2.05) is 31.3 Å². The zero-order valence-electron chi connectivity index (χ0n) is 13.9. The molecule has 0 saturated heterocycles. The summed E-state index contributed by atoms with van der Waals surface area (Å²) < 4.78 is 2.15. The van der Waals surface area contributed by atoms with Gasteiger partial charge in [-0.2, -0.15) is 0 Å². The molecule has 3 rings (SSSR count). The number of nitrogens with one attached hydrogen (secondary N) is 1. The van der Waals surface area contributed by atoms with Crippen LogP contribution in [0, 0.1) is 13.8 Å². The predicted molar refractivity (Wildman–Crippen MR) is 94.4 cm³/mol. The van der Waals surface area contributed by atoms with E-state index in [9.17, 15) is 4.79 Å². The third kappa shape index (κ3) is 3.14. The molecular formula is C20H22N2O. The van der Waals surface area contributed by atoms with E-state index in [2.05, 4.69) is 48.0 Å². The number of hydrogen-bond acceptors (Lipinski definition) is 1. The van der Waals surface area contributed by atoms with Crippen molar-refractivity contribution in [3.8, 4) is 0 Å². The molecule has 0 aliphatic heterocycles. The second-order valence-corrected chi connectivity index (χ2v) is 6.08. The summed E-state index contributed by atoms with van der Waals surface area (Å²) in [7, 11) is 2.05. The van der Waals surface area contributed by atoms with Crippen LogP contribution in [0.15, 0.2) is 48.5 Å². The minimum absolute atomic E-state index is 0.0611. The van der Waals surface area contributed by atoms with Crippen molar-refractivity contribution in [3.63, 3.8) is 0 Å². The third-order valence-electron chi connectivity index (χ3n) is 4.44. The van der Waals surface area contributed by atoms with Crippen molar-refractivity contribution < 1.29 is 4.79 Å². The van der Waals surface area contributed by atoms with E-state index in [1.54, 1.807) is 0 Å². The predicted octanol–water partition coefficient (Wildman–Crippen LogP) is 3.65. The highest BCUT2D eigenvalue weighted by atomic mass is 16.1. The van der Waals surface area contributed by atoms with E-state index < -0.39 is 0 Å². The normalized spacial score (nSPS) is 10.9. The van der Waals surface area contributed by atoms with Gasteiger partial charge in [-0.25, -0.2) is 0 Å². The van der Waals surface area contributed by atoms with Gasteiger partial charge >= 0.3 is 0 Å². The van der Waals surface area contributed by atoms with Crippen LogP contribution in [0.25, 0.3) is 10.9 Å². The van der Waals surface area contributed by atoms with Crippen molar-refractivity contribution in [2.24, 2.45) is 7.05 Å². The fraction of sp³-hybridized carbons (Fsp3) is 0.250. The number of aryl methyl sites for hydroxylation is 2. The van der Waals surface area contributed by atoms with Gasteiger partial charge in [-0.15, -0.1) is 0 Å². The summed E-state index contributed by atoms with van der Waals surface area (Å²) in [4.78, 5) is 12.4. The Balaban J connectivity index is 1.75. The standard InChI is InChI=1S/C20H22N2O/c1-14-7-6-8-16(11-14)13-21-20(23)12-18-15(2)22(3)19-10-5-4-9-17(18)19/h4-11H,12-13H2,1-3H3,(H,21,23). The van der Waals surface area contributed by atoms with Crippen LogP contribution < -0.4 is 5.32 Å². The molecule has 0 radical (unpaired) electrons. The molecule has 3 nitrogen and oxygen atoms in total. The number of para-hydroxylation sites is 1. The van der Waals surface area contributed by atoms with E-state index in [-0.39, 0.29) is 5.91 Å². The minimum Gasteiger partial charge on any atom is -0.352 e. The number of nitrogens with zero attached hydrogens (tertiary/aromatic N) is 1. The molecule has 118 valence electrons. The van der Waals surface area contributed by atoms with Gasteiger partial charge in [0.15, 0.2) is 0 Å². The molecule has 0 unspecified atom stereocenters. The second kappa shape index (κ2) is 6.29. The van der Waals surface area contributed by atoms with Crippen molar-refractivity contribution in [1.82, 2.24) is 9.88 Å². The highest BCUT2D eigenvalue weighted by Crippen LogP contribution is 2.25. The molecular weight excluding hydrogens is 284 g/mol. The van der Waals surface area contributed by atoms with Gasteiger partial charge < -0.3 is 9.88 Å². The molecule has 3 heteroatoms. The lowest BCUT2D eigenvalue weighted by Crippen LogP contribution is -2.24. The Morgan fingerprint density at radius 2 is 1.87 bits per heavy atom. The highest BCUT2D eigenvalue weighted by Gasteiger charge is 2.14. The molecule has 3 aromatic rings. The smallest absolute Gasteiger partial charge is 0.224 e. The van der Waals surface area contributed by atoms with E-state index in [1.165, 1.54) is 16.5 Å². The van der Waals surface area contributed by atoms with Crippen LogP contribution >= 0.6 is 0 Å². The molecule has 0 atom stereocenters. The summed E-state index contributed by atoms with van der Waals surface area (Å²) in [5.74, 6) is 0.0611. The van der Waals surface area contributed by atoms with Gasteiger partial charge in [0.1, 0.15) is 0 Å². The van der Waals surface area contributed by atoms with E-state index >= 15 is 0 Å². The van der Waals surface area contributed by atoms with Gasteiger partial charge in [-0.1, -0.05) is 48.0 Å². The zero-order valence-corrected chi connectivity index (χ0v) is 13.9. The van der Waals surface area contributed by atoms with Crippen LogP contribution in [0.4, 0.5) is 0 Å². The monoisotopic (exact) mass is 306 g/mol. The van der Waals surface area contributed by atoms with E-state index in [0.29, 0.717) is 13.0 Å². The number of amides is 1. The van der Waals surface area contributed by atoms with Crippen molar-refractivity contribution in [1.29, 1.82) is 0 Å². The SMILES string of the molecule is Cc1cccc(CNC(=O)Cc2c(C)n(C)c3ccccc23)c1. The maximum Gasteiger partial charge on any atom is 0.224 e. The molecule has 23 heavy (non-hydrogen) atoms. The zero-order chi connectivity index (χ0) is 16.4. The first kappa shape index (κ1) is 15.3. The average molecular weight is 306 g/mol. The van der Waals surface area contributed by atoms with Gasteiger partial charge in [0.25, 0.3) is 0 Å². The molecule has 0 fully saturated rings. The molecule has 0 aliphatic carbocycles. The van der Waals surface area contributed by atoms with Gasteiger partial charge in [0.2, 0.25) is 5.91 Å². The topological polar surface area (TPSA) is 34.0 Å². The summed E-state index contributed by atoms with van der Waals surface area (Å²) in [6.45, 7) is 4.71. The molecule has 0 aliphatic rings. The second-order valence-electron chi connectivity index (χ2n) is 6.08. The lowest BCUT2D eigenvalue weighted by Gasteiger charge is -2.07. The summed E-state index contributed by atoms with van der Waals surface area (Å²) in [6.07, 6.45) is 0.416. The Morgan fingerprint density at radius 1 is 1.09 bits per heavy atom. The highest BCUT2D eigenvalue weighted by molar-refractivity contribution is 5.90. The van der Waals surface area contributed by atoms with Crippen LogP contribution in [0.1, 0.15) is 22.4 Å². The number of rotatable bonds is 4. The molecule has 0 saturated carbocycles. The first-order valence-electron chi connectivity index (χ1n) is 7.91. The molecule has 0 spiro atoms. The number of carbonyl (C=O) groups excluding carboxylic acids is 1.